The number of piperidine rings is 2. The van der Waals surface area contributed by atoms with E-state index >= 15 is 0 Å². The van der Waals surface area contributed by atoms with Crippen LogP contribution in [0.3, 0.4) is 0 Å². The molecule has 1 N–H and O–H groups in total. The average molecular weight is 281 g/mol. The van der Waals surface area contributed by atoms with Gasteiger partial charge in [0.1, 0.15) is 0 Å². The van der Waals surface area contributed by atoms with Gasteiger partial charge >= 0.3 is 0 Å². The van der Waals surface area contributed by atoms with Crippen molar-refractivity contribution in [2.45, 2.75) is 70.9 Å². The second-order valence-corrected chi connectivity index (χ2v) is 6.71. The van der Waals surface area contributed by atoms with Crippen LogP contribution in [0.15, 0.2) is 0 Å². The fourth-order valence-electron chi connectivity index (χ4n) is 3.90. The molecule has 0 radical (unpaired) electrons. The minimum absolute atomic E-state index is 0.754. The predicted octanol–water partition coefficient (Wildman–Crippen LogP) is 2.71. The molecule has 118 valence electrons. The predicted molar refractivity (Wildman–Crippen MR) is 87.3 cm³/mol. The van der Waals surface area contributed by atoms with Crippen LogP contribution in [0.1, 0.15) is 58.8 Å². The number of hydrogen-bond acceptors (Lipinski definition) is 3. The molecule has 2 aliphatic heterocycles. The molecule has 2 heterocycles. The van der Waals surface area contributed by atoms with E-state index in [1.165, 1.54) is 84.2 Å². The van der Waals surface area contributed by atoms with E-state index in [2.05, 4.69) is 29.0 Å². The molecule has 2 rings (SSSR count). The summed E-state index contributed by atoms with van der Waals surface area (Å²) in [6.45, 7) is 12.4. The number of nitrogens with one attached hydrogen (secondary N) is 1. The van der Waals surface area contributed by atoms with Gasteiger partial charge in [0.2, 0.25) is 0 Å². The highest BCUT2D eigenvalue weighted by Gasteiger charge is 2.26. The van der Waals surface area contributed by atoms with E-state index in [0.29, 0.717) is 0 Å². The maximum absolute atomic E-state index is 3.72. The number of likely N-dealkylation sites (tertiary alicyclic amines) is 1. The Balaban J connectivity index is 1.78. The molecular formula is C17H35N3. The van der Waals surface area contributed by atoms with Crippen LogP contribution >= 0.6 is 0 Å². The third kappa shape index (κ3) is 5.01. The molecule has 1 atom stereocenters. The Morgan fingerprint density at radius 3 is 2.45 bits per heavy atom. The summed E-state index contributed by atoms with van der Waals surface area (Å²) in [6, 6.07) is 1.59. The molecule has 0 aromatic heterocycles. The molecule has 0 amide bonds. The second kappa shape index (κ2) is 9.01. The Bertz CT molecular complexity index is 243. The monoisotopic (exact) mass is 281 g/mol. The Hall–Kier alpha value is -0.120. The highest BCUT2D eigenvalue weighted by Crippen LogP contribution is 2.19. The van der Waals surface area contributed by atoms with Gasteiger partial charge in [-0.3, -0.25) is 4.90 Å². The molecule has 2 aliphatic rings. The summed E-state index contributed by atoms with van der Waals surface area (Å²) in [5, 5.41) is 3.72. The van der Waals surface area contributed by atoms with Crippen LogP contribution in [0.2, 0.25) is 0 Å². The van der Waals surface area contributed by atoms with Crippen molar-refractivity contribution in [3.63, 3.8) is 0 Å². The summed E-state index contributed by atoms with van der Waals surface area (Å²) >= 11 is 0. The third-order valence-electron chi connectivity index (χ3n) is 4.99. The maximum Gasteiger partial charge on any atom is 0.0195 e. The first-order chi connectivity index (χ1) is 9.83. The lowest BCUT2D eigenvalue weighted by atomic mass is 9.99. The largest absolute Gasteiger partial charge is 0.313 e. The van der Waals surface area contributed by atoms with Crippen LogP contribution in [-0.2, 0) is 0 Å². The number of rotatable bonds is 7. The van der Waals surface area contributed by atoms with Gasteiger partial charge in [0.25, 0.3) is 0 Å². The fraction of sp³-hybridized carbons (Fsp3) is 1.00. The molecule has 2 saturated heterocycles. The van der Waals surface area contributed by atoms with Gasteiger partial charge in [-0.15, -0.1) is 0 Å². The molecule has 0 aromatic rings. The van der Waals surface area contributed by atoms with Gasteiger partial charge < -0.3 is 10.2 Å². The summed E-state index contributed by atoms with van der Waals surface area (Å²) in [6.07, 6.45) is 9.54. The number of nitrogens with zero attached hydrogens (tertiary/aromatic N) is 2. The molecule has 0 aliphatic carbocycles. The lowest BCUT2D eigenvalue weighted by Crippen LogP contribution is -2.50. The quantitative estimate of drug-likeness (QED) is 0.774. The fourth-order valence-corrected chi connectivity index (χ4v) is 3.90. The van der Waals surface area contributed by atoms with Gasteiger partial charge in [-0.1, -0.05) is 20.3 Å². The zero-order chi connectivity index (χ0) is 14.2. The van der Waals surface area contributed by atoms with Crippen molar-refractivity contribution >= 4 is 0 Å². The minimum Gasteiger partial charge on any atom is -0.313 e. The molecule has 1 unspecified atom stereocenters. The Morgan fingerprint density at radius 2 is 1.85 bits per heavy atom. The summed E-state index contributed by atoms with van der Waals surface area (Å²) in [7, 11) is 0. The smallest absolute Gasteiger partial charge is 0.0195 e. The molecule has 20 heavy (non-hydrogen) atoms. The van der Waals surface area contributed by atoms with Crippen molar-refractivity contribution in [1.82, 2.24) is 15.1 Å². The van der Waals surface area contributed by atoms with Gasteiger partial charge in [0.05, 0.1) is 0 Å². The zero-order valence-corrected chi connectivity index (χ0v) is 13.7. The lowest BCUT2D eigenvalue weighted by Gasteiger charge is -2.40. The summed E-state index contributed by atoms with van der Waals surface area (Å²) in [5.41, 5.74) is 0. The van der Waals surface area contributed by atoms with Crippen molar-refractivity contribution < 1.29 is 0 Å². The molecule has 2 fully saturated rings. The lowest BCUT2D eigenvalue weighted by molar-refractivity contribution is 0.0958. The van der Waals surface area contributed by atoms with Gasteiger partial charge in [0.15, 0.2) is 0 Å². The molecule has 3 heteroatoms. The highest BCUT2D eigenvalue weighted by molar-refractivity contribution is 4.84. The molecular weight excluding hydrogens is 246 g/mol. The normalized spacial score (nSPS) is 26.2. The Labute approximate surface area is 126 Å². The van der Waals surface area contributed by atoms with Crippen LogP contribution in [0.4, 0.5) is 0 Å². The first-order valence-electron chi connectivity index (χ1n) is 9.03. The van der Waals surface area contributed by atoms with Crippen molar-refractivity contribution in [2.75, 3.05) is 39.3 Å². The van der Waals surface area contributed by atoms with Crippen LogP contribution in [0, 0.1) is 0 Å². The topological polar surface area (TPSA) is 18.5 Å². The van der Waals surface area contributed by atoms with Gasteiger partial charge in [-0.25, -0.2) is 0 Å². The maximum atomic E-state index is 3.72. The van der Waals surface area contributed by atoms with E-state index in [9.17, 15) is 0 Å². The van der Waals surface area contributed by atoms with Crippen molar-refractivity contribution in [3.8, 4) is 0 Å². The first kappa shape index (κ1) is 16.3. The first-order valence-corrected chi connectivity index (χ1v) is 9.03. The SMILES string of the molecule is CCCN1CCC(N(CCC)CC2CCCCN2)CC1. The van der Waals surface area contributed by atoms with E-state index < -0.39 is 0 Å². The van der Waals surface area contributed by atoms with E-state index in [1.54, 1.807) is 0 Å². The number of hydrogen-bond donors (Lipinski definition) is 1. The van der Waals surface area contributed by atoms with Crippen LogP contribution in [0.5, 0.6) is 0 Å². The van der Waals surface area contributed by atoms with Crippen molar-refractivity contribution in [2.24, 2.45) is 0 Å². The van der Waals surface area contributed by atoms with E-state index in [1.807, 2.05) is 0 Å². The summed E-state index contributed by atoms with van der Waals surface area (Å²) in [5.74, 6) is 0. The van der Waals surface area contributed by atoms with E-state index in [4.69, 9.17) is 0 Å². The van der Waals surface area contributed by atoms with Crippen LogP contribution in [0.25, 0.3) is 0 Å². The zero-order valence-electron chi connectivity index (χ0n) is 13.7. The van der Waals surface area contributed by atoms with Gasteiger partial charge in [0, 0.05) is 18.6 Å². The standard InChI is InChI=1S/C17H35N3/c1-3-11-19-13-8-17(9-14-19)20(12-4-2)15-16-7-5-6-10-18-16/h16-18H,3-15H2,1-2H3. The highest BCUT2D eigenvalue weighted by atomic mass is 15.2. The summed E-state index contributed by atoms with van der Waals surface area (Å²) in [4.78, 5) is 5.45. The van der Waals surface area contributed by atoms with Gasteiger partial charge in [-0.2, -0.15) is 0 Å². The molecule has 0 spiro atoms. The molecule has 0 saturated carbocycles. The van der Waals surface area contributed by atoms with Crippen LogP contribution < -0.4 is 5.32 Å². The molecule has 0 bridgehead atoms. The minimum atomic E-state index is 0.754. The average Bonchev–Trinajstić information content (AvgIpc) is 2.49. The Kier molecular flexibility index (Phi) is 7.32. The van der Waals surface area contributed by atoms with E-state index in [-0.39, 0.29) is 0 Å². The third-order valence-corrected chi connectivity index (χ3v) is 4.99. The van der Waals surface area contributed by atoms with Gasteiger partial charge in [-0.05, 0) is 71.2 Å². The second-order valence-electron chi connectivity index (χ2n) is 6.71. The molecule has 3 nitrogen and oxygen atoms in total. The van der Waals surface area contributed by atoms with Crippen molar-refractivity contribution in [3.05, 3.63) is 0 Å². The summed E-state index contributed by atoms with van der Waals surface area (Å²) < 4.78 is 0. The van der Waals surface area contributed by atoms with Crippen molar-refractivity contribution in [1.29, 1.82) is 0 Å². The Morgan fingerprint density at radius 1 is 1.05 bits per heavy atom. The van der Waals surface area contributed by atoms with Crippen LogP contribution in [-0.4, -0.2) is 61.2 Å². The van der Waals surface area contributed by atoms with E-state index in [0.717, 1.165) is 12.1 Å². The molecule has 0 aromatic carbocycles.